The van der Waals surface area contributed by atoms with Gasteiger partial charge in [0.25, 0.3) is 6.02 Å². The Morgan fingerprint density at radius 3 is 2.67 bits per heavy atom. The fraction of sp³-hybridized carbons (Fsp3) is 0.381. The number of aliphatic imine (C=N–C) groups is 1. The van der Waals surface area contributed by atoms with Gasteiger partial charge in [0.2, 0.25) is 0 Å². The van der Waals surface area contributed by atoms with Crippen LogP contribution >= 0.6 is 0 Å². The number of ketones is 1. The molecule has 2 spiro atoms. The molecule has 1 aliphatic carbocycles. The number of benzene rings is 1. The Labute approximate surface area is 170 Å². The second kappa shape index (κ2) is 6.65. The minimum absolute atomic E-state index is 0.0957. The summed E-state index contributed by atoms with van der Waals surface area (Å²) in [5.41, 5.74) is 6.97. The average Bonchev–Trinajstić information content (AvgIpc) is 3.41. The topological polar surface area (TPSA) is 96.0 Å². The molecule has 1 atom stereocenters. The van der Waals surface area contributed by atoms with Gasteiger partial charge in [-0.05, 0) is 42.7 Å². The van der Waals surface area contributed by atoms with E-state index in [2.05, 4.69) is 14.7 Å². The Balaban J connectivity index is 1.41. The number of fused-ring (bicyclic) bond motifs is 3. The lowest BCUT2D eigenvalue weighted by molar-refractivity contribution is -0.0500. The largest absolute Gasteiger partial charge is 0.493 e. The molecule has 2 aromatic rings. The van der Waals surface area contributed by atoms with Crippen LogP contribution < -0.4 is 15.2 Å². The highest BCUT2D eigenvalue weighted by molar-refractivity contribution is 5.95. The normalized spacial score (nSPS) is 23.0. The maximum atomic E-state index is 12.7. The summed E-state index contributed by atoms with van der Waals surface area (Å²) in [6.07, 6.45) is 3.16. The smallest absolute Gasteiger partial charge is 0.387 e. The number of nitrogens with two attached hydrogens (primary N) is 1. The second-order valence-corrected chi connectivity index (χ2v) is 7.86. The molecule has 0 saturated heterocycles. The molecule has 0 amide bonds. The lowest BCUT2D eigenvalue weighted by Gasteiger charge is -2.39. The van der Waals surface area contributed by atoms with Crippen LogP contribution in [0.2, 0.25) is 0 Å². The number of hydrogen-bond donors (Lipinski definition) is 1. The van der Waals surface area contributed by atoms with Crippen LogP contribution in [0.25, 0.3) is 0 Å². The van der Waals surface area contributed by atoms with Crippen LogP contribution in [0.1, 0.15) is 34.5 Å². The van der Waals surface area contributed by atoms with E-state index >= 15 is 0 Å². The fourth-order valence-corrected chi connectivity index (χ4v) is 4.30. The van der Waals surface area contributed by atoms with Crippen LogP contribution in [-0.4, -0.2) is 36.6 Å². The maximum absolute atomic E-state index is 12.7. The van der Waals surface area contributed by atoms with Crippen molar-refractivity contribution in [3.8, 4) is 11.5 Å². The van der Waals surface area contributed by atoms with E-state index in [1.165, 1.54) is 12.1 Å². The van der Waals surface area contributed by atoms with E-state index in [-0.39, 0.29) is 35.1 Å². The molecular formula is C21H19F2N3O4. The molecule has 1 saturated carbocycles. The van der Waals surface area contributed by atoms with E-state index < -0.39 is 12.2 Å². The van der Waals surface area contributed by atoms with Gasteiger partial charge in [0, 0.05) is 17.4 Å². The molecule has 1 aromatic carbocycles. The minimum atomic E-state index is -2.94. The standard InChI is InChI=1S/C21H19F2N3O4/c22-18(23)30-13-2-3-15(25-9-13)16(27)8-12-1-4-17-14(7-12)21(11-29-19(24)26-21)20(5-6-20)10-28-17/h1-4,7,9,18H,5-6,8,10-11H2,(H2,24,26). The Hall–Kier alpha value is -3.23. The Kier molecular flexibility index (Phi) is 4.16. The third kappa shape index (κ3) is 2.96. The molecule has 2 N–H and O–H groups in total. The molecule has 3 heterocycles. The van der Waals surface area contributed by atoms with Gasteiger partial charge in [-0.2, -0.15) is 8.78 Å². The first-order chi connectivity index (χ1) is 14.4. The van der Waals surface area contributed by atoms with Crippen LogP contribution in [0.5, 0.6) is 11.5 Å². The average molecular weight is 415 g/mol. The van der Waals surface area contributed by atoms with Crippen molar-refractivity contribution in [3.63, 3.8) is 0 Å². The first-order valence-corrected chi connectivity index (χ1v) is 9.59. The maximum Gasteiger partial charge on any atom is 0.387 e. The van der Waals surface area contributed by atoms with Crippen molar-refractivity contribution in [2.45, 2.75) is 31.4 Å². The summed E-state index contributed by atoms with van der Waals surface area (Å²) in [7, 11) is 0. The number of carbonyl (C=O) groups excluding carboxylic acids is 1. The predicted octanol–water partition coefficient (Wildman–Crippen LogP) is 2.82. The summed E-state index contributed by atoms with van der Waals surface area (Å²) < 4.78 is 40.3. The highest BCUT2D eigenvalue weighted by Crippen LogP contribution is 2.65. The van der Waals surface area contributed by atoms with Crippen molar-refractivity contribution in [1.29, 1.82) is 0 Å². The van der Waals surface area contributed by atoms with Crippen molar-refractivity contribution < 1.29 is 27.8 Å². The first kappa shape index (κ1) is 18.8. The summed E-state index contributed by atoms with van der Waals surface area (Å²) in [6.45, 7) is -2.01. The molecule has 9 heteroatoms. The van der Waals surface area contributed by atoms with Crippen molar-refractivity contribution in [3.05, 3.63) is 53.3 Å². The number of carbonyl (C=O) groups is 1. The molecule has 156 valence electrons. The lowest BCUT2D eigenvalue weighted by atomic mass is 9.74. The van der Waals surface area contributed by atoms with Crippen molar-refractivity contribution >= 4 is 11.8 Å². The fourth-order valence-electron chi connectivity index (χ4n) is 4.30. The molecule has 0 radical (unpaired) electrons. The van der Waals surface area contributed by atoms with Crippen molar-refractivity contribution in [2.24, 2.45) is 16.1 Å². The number of Topliss-reactive ketones (excluding diaryl/α,β-unsaturated/α-hetero) is 1. The van der Waals surface area contributed by atoms with Crippen LogP contribution in [0.3, 0.4) is 0 Å². The first-order valence-electron chi connectivity index (χ1n) is 9.59. The van der Waals surface area contributed by atoms with Gasteiger partial charge in [0.15, 0.2) is 5.78 Å². The molecule has 5 rings (SSSR count). The van der Waals surface area contributed by atoms with Crippen LogP contribution in [-0.2, 0) is 16.7 Å². The molecule has 3 aliphatic rings. The number of amidine groups is 1. The molecule has 30 heavy (non-hydrogen) atoms. The van der Waals surface area contributed by atoms with Crippen molar-refractivity contribution in [1.82, 2.24) is 4.98 Å². The van der Waals surface area contributed by atoms with Crippen molar-refractivity contribution in [2.75, 3.05) is 13.2 Å². The second-order valence-electron chi connectivity index (χ2n) is 7.86. The molecular weight excluding hydrogens is 396 g/mol. The summed E-state index contributed by atoms with van der Waals surface area (Å²) in [5, 5.41) is 0. The molecule has 2 aliphatic heterocycles. The van der Waals surface area contributed by atoms with Gasteiger partial charge < -0.3 is 19.9 Å². The van der Waals surface area contributed by atoms with E-state index in [1.54, 1.807) is 0 Å². The number of ether oxygens (including phenoxy) is 3. The third-order valence-corrected chi connectivity index (χ3v) is 6.07. The van der Waals surface area contributed by atoms with E-state index in [0.29, 0.717) is 13.2 Å². The number of nitrogens with zero attached hydrogens (tertiary/aromatic N) is 2. The van der Waals surface area contributed by atoms with Gasteiger partial charge in [0.05, 0.1) is 12.8 Å². The zero-order valence-electron chi connectivity index (χ0n) is 15.9. The Morgan fingerprint density at radius 1 is 1.20 bits per heavy atom. The zero-order chi connectivity index (χ0) is 20.9. The molecule has 1 fully saturated rings. The summed E-state index contributed by atoms with van der Waals surface area (Å²) in [4.78, 5) is 21.3. The predicted molar refractivity (Wildman–Crippen MR) is 102 cm³/mol. The highest BCUT2D eigenvalue weighted by atomic mass is 19.3. The minimum Gasteiger partial charge on any atom is -0.493 e. The summed E-state index contributed by atoms with van der Waals surface area (Å²) >= 11 is 0. The Bertz CT molecular complexity index is 1040. The monoisotopic (exact) mass is 415 g/mol. The number of rotatable bonds is 5. The van der Waals surface area contributed by atoms with E-state index in [0.717, 1.165) is 35.9 Å². The number of pyridine rings is 1. The van der Waals surface area contributed by atoms with E-state index in [1.807, 2.05) is 18.2 Å². The van der Waals surface area contributed by atoms with Crippen LogP contribution in [0.4, 0.5) is 8.78 Å². The van der Waals surface area contributed by atoms with E-state index in [9.17, 15) is 13.6 Å². The summed E-state index contributed by atoms with van der Waals surface area (Å²) in [5.74, 6) is 0.384. The lowest BCUT2D eigenvalue weighted by Crippen LogP contribution is -2.44. The SMILES string of the molecule is NC1=NC2(CO1)c1cc(CC(=O)c3ccc(OC(F)F)cn3)ccc1OCC21CC1. The van der Waals surface area contributed by atoms with Gasteiger partial charge >= 0.3 is 6.61 Å². The van der Waals surface area contributed by atoms with E-state index in [4.69, 9.17) is 15.2 Å². The van der Waals surface area contributed by atoms with Gasteiger partial charge in [-0.15, -0.1) is 0 Å². The Morgan fingerprint density at radius 2 is 2.03 bits per heavy atom. The number of hydrogen-bond acceptors (Lipinski definition) is 7. The molecule has 1 aromatic heterocycles. The number of halogens is 2. The van der Waals surface area contributed by atoms with Gasteiger partial charge in [-0.25, -0.2) is 9.98 Å². The molecule has 7 nitrogen and oxygen atoms in total. The number of aromatic nitrogens is 1. The summed E-state index contributed by atoms with van der Waals surface area (Å²) in [6, 6.07) is 8.43. The molecule has 1 unspecified atom stereocenters. The van der Waals surface area contributed by atoms with Crippen LogP contribution in [0.15, 0.2) is 41.5 Å². The highest BCUT2D eigenvalue weighted by Gasteiger charge is 2.66. The quantitative estimate of drug-likeness (QED) is 0.755. The zero-order valence-corrected chi connectivity index (χ0v) is 15.9. The van der Waals surface area contributed by atoms with Gasteiger partial charge in [-0.3, -0.25) is 4.79 Å². The van der Waals surface area contributed by atoms with Gasteiger partial charge in [-0.1, -0.05) is 6.07 Å². The van der Waals surface area contributed by atoms with Crippen LogP contribution in [0, 0.1) is 5.41 Å². The molecule has 0 bridgehead atoms. The van der Waals surface area contributed by atoms with Gasteiger partial charge in [0.1, 0.15) is 29.3 Å². The number of alkyl halides is 2. The third-order valence-electron chi connectivity index (χ3n) is 6.07.